The monoisotopic (exact) mass is 572 g/mol. The van der Waals surface area contributed by atoms with Gasteiger partial charge in [-0.15, -0.1) is 0 Å². The van der Waals surface area contributed by atoms with Gasteiger partial charge in [0, 0.05) is 18.2 Å². The number of nitrogens with one attached hydrogen (secondary N) is 1. The standard InChI is InChI=1S/C25H15F3N4O9/c1-40-21-10-13(5-7-20(21)41-19-8-6-14(25(26,27)28)11-18(19)32(38)39)9-17-22(33)29-24(35)30(23(17)34)15-3-2-4-16(12-15)31(36)37/h2-12H,1H3,(H,29,33,35)/b17-9+. The van der Waals surface area contributed by atoms with E-state index in [1.54, 1.807) is 0 Å². The minimum absolute atomic E-state index is 0.0798. The van der Waals surface area contributed by atoms with Gasteiger partial charge in [-0.2, -0.15) is 13.2 Å². The lowest BCUT2D eigenvalue weighted by atomic mass is 10.1. The largest absolute Gasteiger partial charge is 0.493 e. The van der Waals surface area contributed by atoms with E-state index in [9.17, 15) is 47.8 Å². The van der Waals surface area contributed by atoms with Crippen LogP contribution in [0.2, 0.25) is 0 Å². The van der Waals surface area contributed by atoms with Crippen LogP contribution in [0.4, 0.5) is 35.0 Å². The van der Waals surface area contributed by atoms with Crippen molar-refractivity contribution >= 4 is 41.0 Å². The number of urea groups is 1. The number of non-ortho nitro benzene ring substituents is 1. The number of nitrogens with zero attached hydrogens (tertiary/aromatic N) is 3. The van der Waals surface area contributed by atoms with Crippen molar-refractivity contribution in [2.75, 3.05) is 12.0 Å². The van der Waals surface area contributed by atoms with Crippen molar-refractivity contribution in [3.63, 3.8) is 0 Å². The van der Waals surface area contributed by atoms with Gasteiger partial charge in [0.05, 0.1) is 28.2 Å². The highest BCUT2D eigenvalue weighted by Gasteiger charge is 2.37. The van der Waals surface area contributed by atoms with E-state index in [0.29, 0.717) is 17.0 Å². The highest BCUT2D eigenvalue weighted by atomic mass is 19.4. The Bertz CT molecular complexity index is 1650. The molecule has 1 fully saturated rings. The van der Waals surface area contributed by atoms with E-state index in [4.69, 9.17) is 9.47 Å². The topological polar surface area (TPSA) is 171 Å². The Morgan fingerprint density at radius 2 is 1.61 bits per heavy atom. The van der Waals surface area contributed by atoms with Crippen molar-refractivity contribution in [2.24, 2.45) is 0 Å². The molecule has 0 radical (unpaired) electrons. The maximum atomic E-state index is 13.1. The Hall–Kier alpha value is -5.80. The first-order valence-corrected chi connectivity index (χ1v) is 11.2. The van der Waals surface area contributed by atoms with Crippen LogP contribution in [0.1, 0.15) is 11.1 Å². The number of nitro groups is 2. The first-order valence-electron chi connectivity index (χ1n) is 11.2. The second kappa shape index (κ2) is 10.8. The molecule has 3 aromatic rings. The first-order chi connectivity index (χ1) is 19.3. The molecule has 1 N–H and O–H groups in total. The van der Waals surface area contributed by atoms with E-state index in [2.05, 4.69) is 0 Å². The molecule has 1 heterocycles. The molecule has 41 heavy (non-hydrogen) atoms. The predicted octanol–water partition coefficient (Wildman–Crippen LogP) is 4.99. The third-order valence-corrected chi connectivity index (χ3v) is 5.60. The van der Waals surface area contributed by atoms with Crippen LogP contribution >= 0.6 is 0 Å². The summed E-state index contributed by atoms with van der Waals surface area (Å²) in [6, 6.07) is 8.98. The van der Waals surface area contributed by atoms with Crippen LogP contribution in [0.25, 0.3) is 6.08 Å². The van der Waals surface area contributed by atoms with Crippen LogP contribution in [0.5, 0.6) is 17.2 Å². The van der Waals surface area contributed by atoms with Crippen LogP contribution in [0, 0.1) is 20.2 Å². The zero-order chi connectivity index (χ0) is 30.1. The molecule has 1 saturated heterocycles. The fourth-order valence-electron chi connectivity index (χ4n) is 3.70. The summed E-state index contributed by atoms with van der Waals surface area (Å²) in [7, 11) is 1.20. The van der Waals surface area contributed by atoms with Gasteiger partial charge in [-0.25, -0.2) is 9.69 Å². The number of imide groups is 2. The minimum atomic E-state index is -4.83. The van der Waals surface area contributed by atoms with Crippen LogP contribution < -0.4 is 19.7 Å². The third-order valence-electron chi connectivity index (χ3n) is 5.60. The van der Waals surface area contributed by atoms with E-state index in [0.717, 1.165) is 24.3 Å². The number of hydrogen-bond donors (Lipinski definition) is 1. The summed E-state index contributed by atoms with van der Waals surface area (Å²) < 4.78 is 49.7. The van der Waals surface area contributed by atoms with Gasteiger partial charge in [0.2, 0.25) is 5.75 Å². The molecule has 13 nitrogen and oxygen atoms in total. The van der Waals surface area contributed by atoms with Gasteiger partial charge in [0.1, 0.15) is 5.57 Å². The molecular formula is C25H15F3N4O9. The number of amides is 4. The normalized spacial score (nSPS) is 14.6. The van der Waals surface area contributed by atoms with Gasteiger partial charge in [-0.3, -0.25) is 35.1 Å². The number of carbonyl (C=O) groups excluding carboxylic acids is 3. The molecule has 0 saturated carbocycles. The van der Waals surface area contributed by atoms with Gasteiger partial charge in [0.15, 0.2) is 11.5 Å². The smallest absolute Gasteiger partial charge is 0.416 e. The average molecular weight is 572 g/mol. The number of halogens is 3. The molecule has 4 amide bonds. The summed E-state index contributed by atoms with van der Waals surface area (Å²) in [5, 5.41) is 24.4. The Labute approximate surface area is 226 Å². The van der Waals surface area contributed by atoms with E-state index in [-0.39, 0.29) is 22.7 Å². The van der Waals surface area contributed by atoms with Crippen LogP contribution in [-0.2, 0) is 15.8 Å². The van der Waals surface area contributed by atoms with Crippen molar-refractivity contribution < 1.29 is 46.9 Å². The summed E-state index contributed by atoms with van der Waals surface area (Å²) in [4.78, 5) is 59.2. The number of benzene rings is 3. The SMILES string of the molecule is COc1cc(/C=C2\C(=O)NC(=O)N(c3cccc([N+](=O)[O-])c3)C2=O)ccc1Oc1ccc(C(F)(F)F)cc1[N+](=O)[O-]. The maximum Gasteiger partial charge on any atom is 0.416 e. The number of methoxy groups -OCH3 is 1. The summed E-state index contributed by atoms with van der Waals surface area (Å²) in [5.74, 6) is -2.88. The molecule has 0 aromatic heterocycles. The number of nitro benzene ring substituents is 2. The predicted molar refractivity (Wildman–Crippen MR) is 133 cm³/mol. The molecule has 1 aliphatic rings. The highest BCUT2D eigenvalue weighted by Crippen LogP contribution is 2.40. The van der Waals surface area contributed by atoms with Crippen molar-refractivity contribution in [3.8, 4) is 17.2 Å². The van der Waals surface area contributed by atoms with Crippen molar-refractivity contribution in [1.82, 2.24) is 5.32 Å². The zero-order valence-electron chi connectivity index (χ0n) is 20.5. The molecule has 0 unspecified atom stereocenters. The van der Waals surface area contributed by atoms with Gasteiger partial charge in [-0.1, -0.05) is 12.1 Å². The fourth-order valence-corrected chi connectivity index (χ4v) is 3.70. The van der Waals surface area contributed by atoms with E-state index in [1.165, 1.54) is 37.4 Å². The minimum Gasteiger partial charge on any atom is -0.493 e. The molecule has 0 atom stereocenters. The van der Waals surface area contributed by atoms with E-state index < -0.39 is 62.1 Å². The quantitative estimate of drug-likeness (QED) is 0.177. The molecular weight excluding hydrogens is 557 g/mol. The molecule has 3 aromatic carbocycles. The number of hydrogen-bond acceptors (Lipinski definition) is 9. The van der Waals surface area contributed by atoms with Gasteiger partial charge < -0.3 is 9.47 Å². The van der Waals surface area contributed by atoms with Crippen molar-refractivity contribution in [3.05, 3.63) is 97.6 Å². The average Bonchev–Trinajstić information content (AvgIpc) is 2.91. The number of ether oxygens (including phenoxy) is 2. The zero-order valence-corrected chi connectivity index (χ0v) is 20.5. The molecule has 210 valence electrons. The summed E-state index contributed by atoms with van der Waals surface area (Å²) >= 11 is 0. The first kappa shape index (κ1) is 28.2. The Kier molecular flexibility index (Phi) is 7.40. The van der Waals surface area contributed by atoms with Gasteiger partial charge >= 0.3 is 17.9 Å². The molecule has 0 aliphatic carbocycles. The summed E-state index contributed by atoms with van der Waals surface area (Å²) in [6.45, 7) is 0. The number of carbonyl (C=O) groups is 3. The third kappa shape index (κ3) is 5.80. The van der Waals surface area contributed by atoms with Crippen LogP contribution in [0.15, 0.2) is 66.2 Å². The van der Waals surface area contributed by atoms with Crippen molar-refractivity contribution in [1.29, 1.82) is 0 Å². The van der Waals surface area contributed by atoms with Crippen LogP contribution in [0.3, 0.4) is 0 Å². The Morgan fingerprint density at radius 3 is 2.24 bits per heavy atom. The van der Waals surface area contributed by atoms with E-state index >= 15 is 0 Å². The number of barbiturate groups is 1. The Balaban J connectivity index is 1.67. The lowest BCUT2D eigenvalue weighted by molar-refractivity contribution is -0.385. The lowest BCUT2D eigenvalue weighted by Gasteiger charge is -2.26. The molecule has 0 spiro atoms. The molecule has 4 rings (SSSR count). The molecule has 0 bridgehead atoms. The number of anilines is 1. The second-order valence-electron chi connectivity index (χ2n) is 8.18. The second-order valence-corrected chi connectivity index (χ2v) is 8.18. The van der Waals surface area contributed by atoms with Crippen molar-refractivity contribution in [2.45, 2.75) is 6.18 Å². The highest BCUT2D eigenvalue weighted by molar-refractivity contribution is 6.39. The maximum absolute atomic E-state index is 13.1. The summed E-state index contributed by atoms with van der Waals surface area (Å²) in [5.41, 5.74) is -3.14. The fraction of sp³-hybridized carbons (Fsp3) is 0.0800. The number of alkyl halides is 3. The van der Waals surface area contributed by atoms with E-state index in [1.807, 2.05) is 5.32 Å². The van der Waals surface area contributed by atoms with Gasteiger partial charge in [0.25, 0.3) is 17.5 Å². The Morgan fingerprint density at radius 1 is 0.902 bits per heavy atom. The lowest BCUT2D eigenvalue weighted by Crippen LogP contribution is -2.54. The van der Waals surface area contributed by atoms with Gasteiger partial charge in [-0.05, 0) is 42.0 Å². The molecule has 16 heteroatoms. The number of rotatable bonds is 7. The van der Waals surface area contributed by atoms with Crippen LogP contribution in [-0.4, -0.2) is 34.8 Å². The summed E-state index contributed by atoms with van der Waals surface area (Å²) in [6.07, 6.45) is -3.74. The molecule has 1 aliphatic heterocycles.